The van der Waals surface area contributed by atoms with Crippen molar-refractivity contribution in [3.05, 3.63) is 29.8 Å². The van der Waals surface area contributed by atoms with E-state index in [1.165, 1.54) is 50.1 Å². The predicted molar refractivity (Wildman–Crippen MR) is 81.7 cm³/mol. The van der Waals surface area contributed by atoms with Crippen LogP contribution in [-0.2, 0) is 0 Å². The van der Waals surface area contributed by atoms with Crippen LogP contribution in [0.3, 0.4) is 0 Å². The molecule has 1 aromatic carbocycles. The van der Waals surface area contributed by atoms with Crippen LogP contribution in [0.1, 0.15) is 31.7 Å². The Hall–Kier alpha value is -1.02. The molecule has 1 aliphatic carbocycles. The van der Waals surface area contributed by atoms with Crippen LogP contribution in [0.25, 0.3) is 0 Å². The molecule has 1 N–H and O–H groups in total. The van der Waals surface area contributed by atoms with Gasteiger partial charge in [-0.1, -0.05) is 24.6 Å². The maximum Gasteiger partial charge on any atom is 0.0367 e. The lowest BCUT2D eigenvalue weighted by Crippen LogP contribution is -2.49. The van der Waals surface area contributed by atoms with Gasteiger partial charge in [0.2, 0.25) is 0 Å². The Kier molecular flexibility index (Phi) is 3.79. The summed E-state index contributed by atoms with van der Waals surface area (Å²) in [7, 11) is 0. The van der Waals surface area contributed by atoms with Gasteiger partial charge in [0.05, 0.1) is 0 Å². The minimum atomic E-state index is 0.672. The quantitative estimate of drug-likeness (QED) is 0.892. The number of anilines is 1. The standard InChI is InChI=1S/C17H26N2/c1-13-3-7-17(8-4-13)19-11-14(2)9-16(12-19)18-10-15-5-6-15/h3-4,7-8,14-16,18H,5-6,9-12H2,1-2H3. The van der Waals surface area contributed by atoms with E-state index in [1.807, 2.05) is 0 Å². The van der Waals surface area contributed by atoms with Crippen molar-refractivity contribution in [3.63, 3.8) is 0 Å². The number of aryl methyl sites for hydroxylation is 1. The smallest absolute Gasteiger partial charge is 0.0367 e. The van der Waals surface area contributed by atoms with Gasteiger partial charge in [0, 0.05) is 24.8 Å². The molecule has 1 aliphatic heterocycles. The van der Waals surface area contributed by atoms with E-state index in [9.17, 15) is 0 Å². The minimum Gasteiger partial charge on any atom is -0.370 e. The van der Waals surface area contributed by atoms with Crippen molar-refractivity contribution in [3.8, 4) is 0 Å². The summed E-state index contributed by atoms with van der Waals surface area (Å²) in [5.74, 6) is 1.76. The summed E-state index contributed by atoms with van der Waals surface area (Å²) >= 11 is 0. The molecule has 0 radical (unpaired) electrons. The zero-order valence-electron chi connectivity index (χ0n) is 12.2. The van der Waals surface area contributed by atoms with E-state index in [0.29, 0.717) is 6.04 Å². The van der Waals surface area contributed by atoms with Crippen LogP contribution in [0.4, 0.5) is 5.69 Å². The topological polar surface area (TPSA) is 15.3 Å². The summed E-state index contributed by atoms with van der Waals surface area (Å²) in [5, 5.41) is 3.78. The first kappa shape index (κ1) is 13.0. The number of rotatable bonds is 4. The van der Waals surface area contributed by atoms with E-state index in [2.05, 4.69) is 48.3 Å². The third-order valence-corrected chi connectivity index (χ3v) is 4.45. The van der Waals surface area contributed by atoms with Crippen molar-refractivity contribution >= 4 is 5.69 Å². The van der Waals surface area contributed by atoms with Gasteiger partial charge < -0.3 is 10.2 Å². The SMILES string of the molecule is Cc1ccc(N2CC(C)CC(NCC3CC3)C2)cc1. The molecule has 2 unspecified atom stereocenters. The van der Waals surface area contributed by atoms with Gasteiger partial charge in [0.15, 0.2) is 0 Å². The molecule has 2 aliphatic rings. The lowest BCUT2D eigenvalue weighted by molar-refractivity contribution is 0.348. The highest BCUT2D eigenvalue weighted by molar-refractivity contribution is 5.48. The molecule has 0 aromatic heterocycles. The Morgan fingerprint density at radius 1 is 1.16 bits per heavy atom. The molecule has 2 heteroatoms. The van der Waals surface area contributed by atoms with Gasteiger partial charge in [-0.2, -0.15) is 0 Å². The summed E-state index contributed by atoms with van der Waals surface area (Å²) in [5.41, 5.74) is 2.73. The van der Waals surface area contributed by atoms with E-state index in [0.717, 1.165) is 11.8 Å². The van der Waals surface area contributed by atoms with Gasteiger partial charge in [0.1, 0.15) is 0 Å². The molecule has 1 saturated carbocycles. The zero-order chi connectivity index (χ0) is 13.2. The molecule has 1 saturated heterocycles. The average molecular weight is 258 g/mol. The van der Waals surface area contributed by atoms with Crippen molar-refractivity contribution < 1.29 is 0 Å². The Bertz CT molecular complexity index is 408. The Morgan fingerprint density at radius 2 is 1.89 bits per heavy atom. The summed E-state index contributed by atoms with van der Waals surface area (Å²) in [4.78, 5) is 2.55. The number of hydrogen-bond donors (Lipinski definition) is 1. The largest absolute Gasteiger partial charge is 0.370 e. The zero-order valence-corrected chi connectivity index (χ0v) is 12.2. The van der Waals surface area contributed by atoms with Crippen LogP contribution in [0.2, 0.25) is 0 Å². The number of nitrogens with zero attached hydrogens (tertiary/aromatic N) is 1. The number of hydrogen-bond acceptors (Lipinski definition) is 2. The summed E-state index contributed by atoms with van der Waals surface area (Å²) in [6, 6.07) is 9.66. The molecule has 1 heterocycles. The highest BCUT2D eigenvalue weighted by Crippen LogP contribution is 2.29. The lowest BCUT2D eigenvalue weighted by atomic mass is 9.95. The van der Waals surface area contributed by atoms with Gasteiger partial charge in [-0.15, -0.1) is 0 Å². The van der Waals surface area contributed by atoms with Gasteiger partial charge in [-0.05, 0) is 56.7 Å². The Morgan fingerprint density at radius 3 is 2.58 bits per heavy atom. The van der Waals surface area contributed by atoms with E-state index >= 15 is 0 Å². The third kappa shape index (κ3) is 3.50. The second-order valence-electron chi connectivity index (χ2n) is 6.63. The van der Waals surface area contributed by atoms with Crippen LogP contribution < -0.4 is 10.2 Å². The predicted octanol–water partition coefficient (Wildman–Crippen LogP) is 3.21. The summed E-state index contributed by atoms with van der Waals surface area (Å²) in [6.07, 6.45) is 4.21. The summed E-state index contributed by atoms with van der Waals surface area (Å²) in [6.45, 7) is 8.14. The Labute approximate surface area is 117 Å². The van der Waals surface area contributed by atoms with Crippen molar-refractivity contribution in [1.82, 2.24) is 5.32 Å². The van der Waals surface area contributed by atoms with Crippen LogP contribution in [0.15, 0.2) is 24.3 Å². The normalized spacial score (nSPS) is 27.6. The monoisotopic (exact) mass is 258 g/mol. The van der Waals surface area contributed by atoms with Crippen molar-refractivity contribution in [2.45, 2.75) is 39.2 Å². The van der Waals surface area contributed by atoms with Gasteiger partial charge in [-0.3, -0.25) is 0 Å². The highest BCUT2D eigenvalue weighted by Gasteiger charge is 2.27. The van der Waals surface area contributed by atoms with Crippen molar-refractivity contribution in [2.24, 2.45) is 11.8 Å². The van der Waals surface area contributed by atoms with E-state index < -0.39 is 0 Å². The van der Waals surface area contributed by atoms with Crippen molar-refractivity contribution in [2.75, 3.05) is 24.5 Å². The van der Waals surface area contributed by atoms with E-state index in [1.54, 1.807) is 0 Å². The number of nitrogens with one attached hydrogen (secondary N) is 1. The maximum absolute atomic E-state index is 3.78. The average Bonchev–Trinajstić information content (AvgIpc) is 3.20. The molecule has 3 rings (SSSR count). The third-order valence-electron chi connectivity index (χ3n) is 4.45. The highest BCUT2D eigenvalue weighted by atomic mass is 15.2. The number of piperidine rings is 1. The second-order valence-corrected chi connectivity index (χ2v) is 6.63. The molecule has 1 aromatic rings. The molecule has 0 amide bonds. The van der Waals surface area contributed by atoms with Gasteiger partial charge >= 0.3 is 0 Å². The number of benzene rings is 1. The molecule has 2 atom stereocenters. The minimum absolute atomic E-state index is 0.672. The fourth-order valence-electron chi connectivity index (χ4n) is 3.12. The van der Waals surface area contributed by atoms with Gasteiger partial charge in [0.25, 0.3) is 0 Å². The van der Waals surface area contributed by atoms with Crippen molar-refractivity contribution in [1.29, 1.82) is 0 Å². The molecule has 2 nitrogen and oxygen atoms in total. The molecule has 2 fully saturated rings. The van der Waals surface area contributed by atoms with Crippen LogP contribution >= 0.6 is 0 Å². The van der Waals surface area contributed by atoms with E-state index in [-0.39, 0.29) is 0 Å². The summed E-state index contributed by atoms with van der Waals surface area (Å²) < 4.78 is 0. The lowest BCUT2D eigenvalue weighted by Gasteiger charge is -2.38. The maximum atomic E-state index is 3.78. The van der Waals surface area contributed by atoms with Crippen LogP contribution in [0.5, 0.6) is 0 Å². The molecular formula is C17H26N2. The fraction of sp³-hybridized carbons (Fsp3) is 0.647. The first-order valence-corrected chi connectivity index (χ1v) is 7.75. The molecule has 19 heavy (non-hydrogen) atoms. The second kappa shape index (κ2) is 5.54. The molecule has 0 bridgehead atoms. The van der Waals surface area contributed by atoms with E-state index in [4.69, 9.17) is 0 Å². The molecule has 0 spiro atoms. The van der Waals surface area contributed by atoms with Crippen LogP contribution in [-0.4, -0.2) is 25.7 Å². The molecule has 104 valence electrons. The first-order chi connectivity index (χ1) is 9.20. The fourth-order valence-corrected chi connectivity index (χ4v) is 3.12. The van der Waals surface area contributed by atoms with Gasteiger partial charge in [-0.25, -0.2) is 0 Å². The van der Waals surface area contributed by atoms with Crippen LogP contribution in [0, 0.1) is 18.8 Å². The molecular weight excluding hydrogens is 232 g/mol. The first-order valence-electron chi connectivity index (χ1n) is 7.75. The Balaban J connectivity index is 1.61.